The van der Waals surface area contributed by atoms with Crippen molar-refractivity contribution in [1.82, 2.24) is 0 Å². The average molecular weight is 180 g/mol. The van der Waals surface area contributed by atoms with Gasteiger partial charge >= 0.3 is 67.0 Å². The molecule has 3 nitrogen and oxygen atoms in total. The maximum absolute atomic E-state index is 9.74. The van der Waals surface area contributed by atoms with E-state index in [4.69, 9.17) is 9.05 Å². The van der Waals surface area contributed by atoms with Crippen LogP contribution in [0, 0.1) is 5.92 Å². The van der Waals surface area contributed by atoms with Crippen molar-refractivity contribution in [3.05, 3.63) is 0 Å². The van der Waals surface area contributed by atoms with Crippen LogP contribution in [0.3, 0.4) is 0 Å². The van der Waals surface area contributed by atoms with Gasteiger partial charge in [0.05, 0.1) is 0 Å². The van der Waals surface area contributed by atoms with E-state index >= 15 is 0 Å². The van der Waals surface area contributed by atoms with Crippen LogP contribution in [-0.4, -0.2) is 31.4 Å². The summed E-state index contributed by atoms with van der Waals surface area (Å²) in [6, 6.07) is 0. The minimum absolute atomic E-state index is 0.456. The monoisotopic (exact) mass is 180 g/mol. The summed E-state index contributed by atoms with van der Waals surface area (Å²) in [4.78, 5) is 9.74. The summed E-state index contributed by atoms with van der Waals surface area (Å²) in [5.74, 6) is 0.456. The molecule has 0 atom stereocenters. The van der Waals surface area contributed by atoms with Gasteiger partial charge in [-0.25, -0.2) is 0 Å². The molecule has 0 aliphatic carbocycles. The number of rotatable bonds is 1. The molecule has 0 bridgehead atoms. The molecule has 1 N–H and O–H groups in total. The van der Waals surface area contributed by atoms with Gasteiger partial charge in [-0.15, -0.1) is 0 Å². The molecule has 1 saturated heterocycles. The average Bonchev–Trinajstić information content (AvgIpc) is 1.86. The van der Waals surface area contributed by atoms with Gasteiger partial charge in [-0.3, -0.25) is 0 Å². The van der Waals surface area contributed by atoms with Gasteiger partial charge in [0.2, 0.25) is 0 Å². The molecule has 4 heteroatoms. The van der Waals surface area contributed by atoms with E-state index < -0.39 is 7.28 Å². The Balaban J connectivity index is 2.48. The summed E-state index contributed by atoms with van der Waals surface area (Å²) in [6.07, 6.45) is 1.05. The van der Waals surface area contributed by atoms with Crippen molar-refractivity contribution in [3.63, 3.8) is 0 Å². The van der Waals surface area contributed by atoms with Gasteiger partial charge in [0, 0.05) is 0 Å². The molecule has 1 rings (SSSR count). The number of hydrogen-bond donors (Lipinski definition) is 1. The summed E-state index contributed by atoms with van der Waals surface area (Å²) >= 11 is 0. The van der Waals surface area contributed by atoms with Crippen LogP contribution in [0.5, 0.6) is 0 Å². The van der Waals surface area contributed by atoms with Crippen LogP contribution in [0.25, 0.3) is 0 Å². The first-order chi connectivity index (χ1) is 4.91. The molecular formula is C7H17O3P. The van der Waals surface area contributed by atoms with E-state index in [2.05, 4.69) is 6.92 Å². The van der Waals surface area contributed by atoms with E-state index in [1.165, 1.54) is 0 Å². The summed E-state index contributed by atoms with van der Waals surface area (Å²) in [6.45, 7) is 6.70. The van der Waals surface area contributed by atoms with Gasteiger partial charge in [0.1, 0.15) is 0 Å². The number of hydrogen-bond acceptors (Lipinski definition) is 3. The summed E-state index contributed by atoms with van der Waals surface area (Å²) in [5, 5.41) is 0. The molecule has 0 saturated carbocycles. The maximum atomic E-state index is 9.74. The summed E-state index contributed by atoms with van der Waals surface area (Å²) in [7, 11) is -3.11. The van der Waals surface area contributed by atoms with E-state index in [0.717, 1.165) is 6.42 Å². The molecular weight excluding hydrogens is 163 g/mol. The molecule has 1 aliphatic heterocycles. The zero-order valence-corrected chi connectivity index (χ0v) is 8.30. The Kier molecular flexibility index (Phi) is 2.28. The second kappa shape index (κ2) is 2.67. The van der Waals surface area contributed by atoms with Crippen LogP contribution in [0.2, 0.25) is 0 Å². The second-order valence-corrected chi connectivity index (χ2v) is 7.83. The first-order valence-corrected chi connectivity index (χ1v) is 6.89. The molecule has 1 aliphatic rings. The molecule has 0 radical (unpaired) electrons. The fraction of sp³-hybridized carbons (Fsp3) is 1.00. The predicted octanol–water partition coefficient (Wildman–Crippen LogP) is 1.61. The van der Waals surface area contributed by atoms with Crippen LogP contribution in [0.4, 0.5) is 0 Å². The van der Waals surface area contributed by atoms with Crippen molar-refractivity contribution in [3.8, 4) is 0 Å². The molecule has 0 aromatic carbocycles. The van der Waals surface area contributed by atoms with Gasteiger partial charge in [0.25, 0.3) is 0 Å². The normalized spacial score (nSPS) is 38.9. The summed E-state index contributed by atoms with van der Waals surface area (Å²) in [5.41, 5.74) is 0. The zero-order chi connectivity index (χ0) is 8.56. The topological polar surface area (TPSA) is 38.7 Å². The van der Waals surface area contributed by atoms with E-state index in [0.29, 0.717) is 19.1 Å². The van der Waals surface area contributed by atoms with Crippen molar-refractivity contribution in [2.75, 3.05) is 26.5 Å². The van der Waals surface area contributed by atoms with Gasteiger partial charge in [-0.1, -0.05) is 0 Å². The van der Waals surface area contributed by atoms with E-state index in [1.54, 1.807) is 13.3 Å². The van der Waals surface area contributed by atoms with Crippen LogP contribution in [0.15, 0.2) is 0 Å². The molecule has 1 heterocycles. The quantitative estimate of drug-likeness (QED) is 0.623. The fourth-order valence-corrected chi connectivity index (χ4v) is 2.31. The summed E-state index contributed by atoms with van der Waals surface area (Å²) < 4.78 is 10.6. The second-order valence-electron chi connectivity index (χ2n) is 3.68. The van der Waals surface area contributed by atoms with Gasteiger partial charge < -0.3 is 0 Å². The Morgan fingerprint density at radius 1 is 1.36 bits per heavy atom. The van der Waals surface area contributed by atoms with Crippen LogP contribution in [-0.2, 0) is 9.05 Å². The first kappa shape index (κ1) is 9.40. The van der Waals surface area contributed by atoms with E-state index in [1.807, 2.05) is 0 Å². The van der Waals surface area contributed by atoms with Gasteiger partial charge in [0.15, 0.2) is 0 Å². The van der Waals surface area contributed by atoms with Crippen molar-refractivity contribution >= 4 is 7.28 Å². The van der Waals surface area contributed by atoms with Crippen molar-refractivity contribution in [2.24, 2.45) is 5.92 Å². The Labute approximate surface area is 67.9 Å². The minimum atomic E-state index is -3.11. The SMILES string of the molecule is CCC1COP(C)(C)(O)OC1. The van der Waals surface area contributed by atoms with Crippen LogP contribution in [0.1, 0.15) is 13.3 Å². The molecule has 0 unspecified atom stereocenters. The Hall–Kier alpha value is 0.310. The van der Waals surface area contributed by atoms with Crippen LogP contribution >= 0.6 is 7.28 Å². The molecule has 0 aromatic rings. The molecule has 0 aromatic heterocycles. The molecule has 0 amide bonds. The predicted molar refractivity (Wildman–Crippen MR) is 46.7 cm³/mol. The van der Waals surface area contributed by atoms with Crippen molar-refractivity contribution in [2.45, 2.75) is 13.3 Å². The van der Waals surface area contributed by atoms with Gasteiger partial charge in [-0.05, 0) is 0 Å². The molecule has 0 spiro atoms. The third-order valence-electron chi connectivity index (χ3n) is 1.94. The third kappa shape index (κ3) is 2.68. The standard InChI is InChI=1S/C7H17O3P/c1-4-7-5-9-11(2,3,8)10-6-7/h7-8H,4-6H2,1-3H3. The van der Waals surface area contributed by atoms with Gasteiger partial charge in [-0.2, -0.15) is 0 Å². The molecule has 1 fully saturated rings. The van der Waals surface area contributed by atoms with Crippen LogP contribution < -0.4 is 0 Å². The molecule has 68 valence electrons. The van der Waals surface area contributed by atoms with E-state index in [9.17, 15) is 4.89 Å². The van der Waals surface area contributed by atoms with Crippen molar-refractivity contribution < 1.29 is 13.9 Å². The Bertz CT molecular complexity index is 138. The Morgan fingerprint density at radius 2 is 1.82 bits per heavy atom. The first-order valence-electron chi connectivity index (χ1n) is 3.97. The third-order valence-corrected chi connectivity index (χ3v) is 3.71. The van der Waals surface area contributed by atoms with E-state index in [-0.39, 0.29) is 0 Å². The molecule has 11 heavy (non-hydrogen) atoms. The van der Waals surface area contributed by atoms with Crippen molar-refractivity contribution in [1.29, 1.82) is 0 Å². The zero-order valence-electron chi connectivity index (χ0n) is 7.41. The fourth-order valence-electron chi connectivity index (χ4n) is 0.958. The Morgan fingerprint density at radius 3 is 2.18 bits per heavy atom.